The summed E-state index contributed by atoms with van der Waals surface area (Å²) < 4.78 is 6.74. The van der Waals surface area contributed by atoms with Gasteiger partial charge in [-0.05, 0) is 67.8 Å². The minimum absolute atomic E-state index is 0.0465. The number of fused-ring (bicyclic) bond motifs is 4. The number of pyridine rings is 2. The number of hydrogen-bond donors (Lipinski definition) is 0. The first-order chi connectivity index (χ1) is 28.1. The molecule has 1 aliphatic carbocycles. The second-order valence-corrected chi connectivity index (χ2v) is 15.6. The monoisotopic (exact) mass is 812 g/mol. The highest BCUT2D eigenvalue weighted by Gasteiger charge is 2.29. The minimum Gasteiger partial charge on any atom is -0.328 e. The molecule has 1 aliphatic rings. The van der Waals surface area contributed by atoms with Crippen LogP contribution in [0, 0.1) is 0 Å². The number of rotatable bonds is 8. The van der Waals surface area contributed by atoms with Crippen molar-refractivity contribution in [2.75, 3.05) is 0 Å². The topological polar surface area (TPSA) is 114 Å². The summed E-state index contributed by atoms with van der Waals surface area (Å²) in [5.74, 6) is 1.44. The van der Waals surface area contributed by atoms with E-state index in [0.717, 1.165) is 61.7 Å². The van der Waals surface area contributed by atoms with Gasteiger partial charge >= 0.3 is 0 Å². The number of halogens is 2. The maximum atomic E-state index is 13.7. The number of aryl methyl sites for hydroxylation is 3. The second-order valence-electron chi connectivity index (χ2n) is 14.8. The van der Waals surface area contributed by atoms with Crippen molar-refractivity contribution >= 4 is 67.1 Å². The molecule has 10 nitrogen and oxygen atoms in total. The zero-order valence-corrected chi connectivity index (χ0v) is 34.1. The van der Waals surface area contributed by atoms with Crippen LogP contribution in [0.4, 0.5) is 0 Å². The Morgan fingerprint density at radius 1 is 0.621 bits per heavy atom. The molecule has 0 N–H and O–H groups in total. The van der Waals surface area contributed by atoms with Crippen molar-refractivity contribution in [1.29, 1.82) is 0 Å². The van der Waals surface area contributed by atoms with Crippen molar-refractivity contribution in [2.24, 2.45) is 14.1 Å². The SMILES string of the molecule is CCCCCCc1nc2c(c(=O)c3ccccc3n2C)c(=O)n1-c1ccccc1.Cn1c2ccccc2c(=O)c2c(=O)n(-c3c(Cl)cccc3Cl)c(C3CCC3)nc21. The van der Waals surface area contributed by atoms with E-state index in [1.807, 2.05) is 83.9 Å². The fourth-order valence-corrected chi connectivity index (χ4v) is 8.52. The van der Waals surface area contributed by atoms with Crippen LogP contribution in [0.25, 0.3) is 55.2 Å². The third-order valence-corrected chi connectivity index (χ3v) is 11.8. The van der Waals surface area contributed by atoms with E-state index >= 15 is 0 Å². The molecule has 1 fully saturated rings. The van der Waals surface area contributed by atoms with Gasteiger partial charge in [0.2, 0.25) is 10.9 Å². The lowest BCUT2D eigenvalue weighted by Gasteiger charge is -2.28. The van der Waals surface area contributed by atoms with E-state index in [-0.39, 0.29) is 33.1 Å². The fraction of sp³-hybridized carbons (Fsp3) is 0.261. The van der Waals surface area contributed by atoms with Crippen LogP contribution in [-0.4, -0.2) is 28.2 Å². The summed E-state index contributed by atoms with van der Waals surface area (Å²) in [7, 11) is 3.69. The Labute approximate surface area is 343 Å². The first-order valence-corrected chi connectivity index (χ1v) is 20.5. The van der Waals surface area contributed by atoms with Crippen molar-refractivity contribution in [3.63, 3.8) is 0 Å². The van der Waals surface area contributed by atoms with Crippen LogP contribution < -0.4 is 22.0 Å². The van der Waals surface area contributed by atoms with Gasteiger partial charge in [-0.1, -0.05) is 104 Å². The lowest BCUT2D eigenvalue weighted by molar-refractivity contribution is 0.394. The van der Waals surface area contributed by atoms with E-state index in [1.165, 1.54) is 4.57 Å². The van der Waals surface area contributed by atoms with Gasteiger partial charge < -0.3 is 9.13 Å². The average molecular weight is 814 g/mol. The fourth-order valence-electron chi connectivity index (χ4n) is 7.96. The first-order valence-electron chi connectivity index (χ1n) is 19.7. The van der Waals surface area contributed by atoms with Crippen LogP contribution in [0.15, 0.2) is 116 Å². The van der Waals surface area contributed by atoms with Crippen molar-refractivity contribution in [2.45, 2.75) is 64.2 Å². The van der Waals surface area contributed by atoms with E-state index in [9.17, 15) is 19.2 Å². The van der Waals surface area contributed by atoms with Crippen LogP contribution >= 0.6 is 23.2 Å². The molecule has 294 valence electrons. The normalized spacial score (nSPS) is 12.9. The molecule has 1 saturated carbocycles. The number of para-hydroxylation sites is 4. The Morgan fingerprint density at radius 3 is 1.71 bits per heavy atom. The Kier molecular flexibility index (Phi) is 10.9. The Bertz CT molecular complexity index is 3110. The number of unbranched alkanes of at least 4 members (excludes halogenated alkanes) is 3. The molecule has 4 heterocycles. The highest BCUT2D eigenvalue weighted by atomic mass is 35.5. The second kappa shape index (κ2) is 16.2. The molecule has 9 rings (SSSR count). The summed E-state index contributed by atoms with van der Waals surface area (Å²) in [4.78, 5) is 63.4. The smallest absolute Gasteiger partial charge is 0.271 e. The van der Waals surface area contributed by atoms with Crippen molar-refractivity contribution < 1.29 is 0 Å². The van der Waals surface area contributed by atoms with Gasteiger partial charge in [-0.15, -0.1) is 0 Å². The molecule has 0 saturated heterocycles. The summed E-state index contributed by atoms with van der Waals surface area (Å²) >= 11 is 12.9. The third-order valence-electron chi connectivity index (χ3n) is 11.2. The molecule has 0 bridgehead atoms. The molecule has 8 aromatic rings. The van der Waals surface area contributed by atoms with Gasteiger partial charge in [0.1, 0.15) is 22.4 Å². The van der Waals surface area contributed by atoms with Gasteiger partial charge in [0, 0.05) is 37.2 Å². The molecule has 0 unspecified atom stereocenters. The Balaban J connectivity index is 0.000000162. The zero-order valence-electron chi connectivity index (χ0n) is 32.5. The van der Waals surface area contributed by atoms with Crippen LogP contribution in [0.5, 0.6) is 0 Å². The summed E-state index contributed by atoms with van der Waals surface area (Å²) in [6.45, 7) is 2.18. The molecular weight excluding hydrogens is 771 g/mol. The van der Waals surface area contributed by atoms with Gasteiger partial charge in [0.05, 0.1) is 32.5 Å². The van der Waals surface area contributed by atoms with E-state index in [4.69, 9.17) is 33.2 Å². The molecule has 58 heavy (non-hydrogen) atoms. The summed E-state index contributed by atoms with van der Waals surface area (Å²) in [5, 5.41) is 1.90. The van der Waals surface area contributed by atoms with E-state index in [2.05, 4.69) is 6.92 Å². The summed E-state index contributed by atoms with van der Waals surface area (Å²) in [5.41, 5.74) is 2.18. The standard InChI is InChI=1S/C24H25N3O2.C22H17Cl2N3O2/c1-3-4-5-9-16-20-25-23-21(24(29)27(20)17-12-7-6-8-13-17)22(28)18-14-10-11-15-19(18)26(23)2;1-26-16-11-3-2-8-13(16)19(28)17-21(26)25-20(12-6-4-7-12)27(22(17)29)18-14(23)9-5-10-15(18)24/h6-8,10-15H,3-5,9,16H2,1-2H3;2-3,5,8-12H,4,6-7H2,1H3. The van der Waals surface area contributed by atoms with Crippen molar-refractivity contribution in [1.82, 2.24) is 28.2 Å². The lowest BCUT2D eigenvalue weighted by Crippen LogP contribution is -2.32. The average Bonchev–Trinajstić information content (AvgIpc) is 3.21. The molecular formula is C46H42Cl2N6O4. The number of hydrogen-bond acceptors (Lipinski definition) is 6. The molecule has 0 spiro atoms. The first kappa shape index (κ1) is 39.0. The maximum absolute atomic E-state index is 13.7. The van der Waals surface area contributed by atoms with E-state index in [1.54, 1.807) is 41.0 Å². The molecule has 4 aromatic heterocycles. The molecule has 0 radical (unpaired) electrons. The van der Waals surface area contributed by atoms with Gasteiger partial charge in [-0.2, -0.15) is 0 Å². The Hall–Kier alpha value is -5.84. The van der Waals surface area contributed by atoms with Gasteiger partial charge in [-0.25, -0.2) is 9.97 Å². The maximum Gasteiger partial charge on any atom is 0.271 e. The number of aromatic nitrogens is 6. The van der Waals surface area contributed by atoms with Crippen LogP contribution in [0.3, 0.4) is 0 Å². The highest BCUT2D eigenvalue weighted by molar-refractivity contribution is 6.37. The largest absolute Gasteiger partial charge is 0.328 e. The Morgan fingerprint density at radius 2 is 1.16 bits per heavy atom. The number of benzene rings is 4. The molecule has 0 aliphatic heterocycles. The van der Waals surface area contributed by atoms with Crippen molar-refractivity contribution in [3.05, 3.63) is 160 Å². The highest BCUT2D eigenvalue weighted by Crippen LogP contribution is 2.38. The van der Waals surface area contributed by atoms with Crippen molar-refractivity contribution in [3.8, 4) is 11.4 Å². The van der Waals surface area contributed by atoms with Gasteiger partial charge in [0.15, 0.2) is 11.3 Å². The van der Waals surface area contributed by atoms with Gasteiger partial charge in [-0.3, -0.25) is 28.3 Å². The molecule has 0 amide bonds. The lowest BCUT2D eigenvalue weighted by atomic mass is 9.84. The summed E-state index contributed by atoms with van der Waals surface area (Å²) in [6, 6.07) is 29.2. The van der Waals surface area contributed by atoms with Crippen LogP contribution in [0.1, 0.15) is 69.4 Å². The predicted octanol–water partition coefficient (Wildman–Crippen LogP) is 9.17. The third kappa shape index (κ3) is 6.73. The minimum atomic E-state index is -0.432. The van der Waals surface area contributed by atoms with Crippen LogP contribution in [0.2, 0.25) is 10.0 Å². The molecule has 12 heteroatoms. The van der Waals surface area contributed by atoms with E-state index < -0.39 is 5.56 Å². The molecule has 0 atom stereocenters. The zero-order chi connectivity index (χ0) is 40.7. The van der Waals surface area contributed by atoms with Crippen LogP contribution in [-0.2, 0) is 20.5 Å². The quantitative estimate of drug-likeness (QED) is 0.112. The van der Waals surface area contributed by atoms with Gasteiger partial charge in [0.25, 0.3) is 11.1 Å². The molecule has 4 aromatic carbocycles. The number of nitrogens with zero attached hydrogens (tertiary/aromatic N) is 6. The van der Waals surface area contributed by atoms with E-state index in [0.29, 0.717) is 55.9 Å². The predicted molar refractivity (Wildman–Crippen MR) is 235 cm³/mol. The summed E-state index contributed by atoms with van der Waals surface area (Å²) in [6.07, 6.45) is 8.00.